The number of rotatable bonds is 2. The van der Waals surface area contributed by atoms with Gasteiger partial charge in [-0.2, -0.15) is 0 Å². The Morgan fingerprint density at radius 2 is 1.94 bits per heavy atom. The summed E-state index contributed by atoms with van der Waals surface area (Å²) >= 11 is 5.07. The third-order valence-electron chi connectivity index (χ3n) is 3.74. The minimum atomic E-state index is -0.764. The summed E-state index contributed by atoms with van der Waals surface area (Å²) < 4.78 is 11.3. The lowest BCUT2D eigenvalue weighted by molar-refractivity contribution is -0.143. The molecule has 2 N–H and O–H groups in total. The second kappa shape index (κ2) is 4.65. The fourth-order valence-corrected chi connectivity index (χ4v) is 4.06. The summed E-state index contributed by atoms with van der Waals surface area (Å²) in [6.45, 7) is 3.25. The molecular formula is C11H18N2O2S2. The number of carbonyl (C=O) groups is 1. The van der Waals surface area contributed by atoms with Crippen molar-refractivity contribution in [2.24, 2.45) is 17.1 Å². The van der Waals surface area contributed by atoms with E-state index >= 15 is 0 Å². The molecule has 0 spiro atoms. The van der Waals surface area contributed by atoms with Gasteiger partial charge in [0.1, 0.15) is 0 Å². The Morgan fingerprint density at radius 3 is 2.35 bits per heavy atom. The fraction of sp³-hybridized carbons (Fsp3) is 0.818. The van der Waals surface area contributed by atoms with Crippen molar-refractivity contribution in [1.29, 1.82) is 0 Å². The van der Waals surface area contributed by atoms with Gasteiger partial charge in [-0.25, -0.2) is 0 Å². The van der Waals surface area contributed by atoms with Crippen molar-refractivity contribution in [2.75, 3.05) is 24.6 Å². The van der Waals surface area contributed by atoms with Gasteiger partial charge in [0, 0.05) is 35.4 Å². The SMILES string of the molecule is CC1CC(C(=O)N2CCS(=O)CC2)(C(N)=S)C1. The van der Waals surface area contributed by atoms with Gasteiger partial charge in [0.2, 0.25) is 5.91 Å². The number of thiocarbonyl (C=S) groups is 1. The molecule has 4 nitrogen and oxygen atoms in total. The Balaban J connectivity index is 2.08. The van der Waals surface area contributed by atoms with Gasteiger partial charge in [-0.1, -0.05) is 19.1 Å². The molecule has 0 aromatic rings. The van der Waals surface area contributed by atoms with Crippen LogP contribution in [0.1, 0.15) is 19.8 Å². The quantitative estimate of drug-likeness (QED) is 0.735. The van der Waals surface area contributed by atoms with Crippen LogP contribution in [0.5, 0.6) is 0 Å². The van der Waals surface area contributed by atoms with E-state index < -0.39 is 16.2 Å². The minimum Gasteiger partial charge on any atom is -0.392 e. The summed E-state index contributed by atoms with van der Waals surface area (Å²) in [5.41, 5.74) is 5.15. The summed E-state index contributed by atoms with van der Waals surface area (Å²) in [5.74, 6) is 1.72. The Morgan fingerprint density at radius 1 is 1.41 bits per heavy atom. The van der Waals surface area contributed by atoms with Crippen LogP contribution in [0.3, 0.4) is 0 Å². The zero-order valence-electron chi connectivity index (χ0n) is 9.98. The van der Waals surface area contributed by atoms with Gasteiger partial charge in [0.25, 0.3) is 0 Å². The molecule has 1 amide bonds. The van der Waals surface area contributed by atoms with Crippen molar-refractivity contribution in [3.8, 4) is 0 Å². The molecule has 6 heteroatoms. The smallest absolute Gasteiger partial charge is 0.235 e. The van der Waals surface area contributed by atoms with E-state index in [1.807, 2.05) is 0 Å². The second-order valence-electron chi connectivity index (χ2n) is 5.10. The molecule has 96 valence electrons. The molecular weight excluding hydrogens is 256 g/mol. The van der Waals surface area contributed by atoms with E-state index in [4.69, 9.17) is 18.0 Å². The summed E-state index contributed by atoms with van der Waals surface area (Å²) in [6, 6.07) is 0. The van der Waals surface area contributed by atoms with Gasteiger partial charge in [0.15, 0.2) is 0 Å². The highest BCUT2D eigenvalue weighted by Gasteiger charge is 2.52. The highest BCUT2D eigenvalue weighted by Crippen LogP contribution is 2.47. The maximum atomic E-state index is 12.5. The van der Waals surface area contributed by atoms with Crippen LogP contribution < -0.4 is 5.73 Å². The molecule has 0 aromatic heterocycles. The Bertz CT molecular complexity index is 368. The van der Waals surface area contributed by atoms with Gasteiger partial charge >= 0.3 is 0 Å². The highest BCUT2D eigenvalue weighted by molar-refractivity contribution is 7.85. The minimum absolute atomic E-state index is 0.0554. The lowest BCUT2D eigenvalue weighted by Gasteiger charge is -2.47. The first-order chi connectivity index (χ1) is 7.95. The van der Waals surface area contributed by atoms with Gasteiger partial charge in [0.05, 0.1) is 10.4 Å². The molecule has 1 saturated carbocycles. The zero-order chi connectivity index (χ0) is 12.6. The molecule has 0 bridgehead atoms. The van der Waals surface area contributed by atoms with Crippen LogP contribution in [0.25, 0.3) is 0 Å². The van der Waals surface area contributed by atoms with Crippen LogP contribution in [0, 0.1) is 11.3 Å². The molecule has 0 unspecified atom stereocenters. The topological polar surface area (TPSA) is 63.4 Å². The number of hydrogen-bond acceptors (Lipinski definition) is 3. The number of amides is 1. The normalized spacial score (nSPS) is 34.2. The molecule has 1 aliphatic heterocycles. The first-order valence-electron chi connectivity index (χ1n) is 5.90. The van der Waals surface area contributed by atoms with Crippen molar-refractivity contribution >= 4 is 33.9 Å². The van der Waals surface area contributed by atoms with E-state index in [9.17, 15) is 9.00 Å². The number of hydrogen-bond donors (Lipinski definition) is 1. The van der Waals surface area contributed by atoms with Gasteiger partial charge in [-0.05, 0) is 18.8 Å². The van der Waals surface area contributed by atoms with E-state index in [0.29, 0.717) is 35.5 Å². The van der Waals surface area contributed by atoms with E-state index in [1.54, 1.807) is 4.90 Å². The fourth-order valence-electron chi connectivity index (χ4n) is 2.75. The highest BCUT2D eigenvalue weighted by atomic mass is 32.2. The third kappa shape index (κ3) is 2.25. The lowest BCUT2D eigenvalue weighted by atomic mass is 9.61. The van der Waals surface area contributed by atoms with Crippen LogP contribution in [0.2, 0.25) is 0 Å². The molecule has 1 aliphatic carbocycles. The molecule has 0 atom stereocenters. The Labute approximate surface area is 109 Å². The maximum Gasteiger partial charge on any atom is 0.235 e. The molecule has 0 radical (unpaired) electrons. The summed E-state index contributed by atoms with van der Waals surface area (Å²) in [4.78, 5) is 14.6. The van der Waals surface area contributed by atoms with Gasteiger partial charge in [-0.3, -0.25) is 9.00 Å². The third-order valence-corrected chi connectivity index (χ3v) is 5.41. The van der Waals surface area contributed by atoms with E-state index in [2.05, 4.69) is 6.92 Å². The first-order valence-corrected chi connectivity index (χ1v) is 7.79. The molecule has 0 aromatic carbocycles. The molecule has 2 rings (SSSR count). The maximum absolute atomic E-state index is 12.5. The standard InChI is InChI=1S/C11H18N2O2S2/c1-8-6-11(7-8,9(12)16)10(14)13-2-4-17(15)5-3-13/h8H,2-7H2,1H3,(H2,12,16). The van der Waals surface area contributed by atoms with E-state index in [-0.39, 0.29) is 5.91 Å². The molecule has 17 heavy (non-hydrogen) atoms. The summed E-state index contributed by atoms with van der Waals surface area (Å²) in [7, 11) is -0.764. The largest absolute Gasteiger partial charge is 0.392 e. The first kappa shape index (κ1) is 13.0. The van der Waals surface area contributed by atoms with Crippen molar-refractivity contribution in [3.63, 3.8) is 0 Å². The molecule has 2 aliphatic rings. The molecule has 2 fully saturated rings. The predicted octanol–water partition coefficient (Wildman–Crippen LogP) is 0.280. The van der Waals surface area contributed by atoms with Crippen LogP contribution in [-0.4, -0.2) is 44.6 Å². The van der Waals surface area contributed by atoms with Gasteiger partial charge in [-0.15, -0.1) is 0 Å². The Kier molecular flexibility index (Phi) is 3.54. The van der Waals surface area contributed by atoms with Crippen LogP contribution in [0.4, 0.5) is 0 Å². The van der Waals surface area contributed by atoms with E-state index in [0.717, 1.165) is 12.8 Å². The summed E-state index contributed by atoms with van der Waals surface area (Å²) in [5, 5.41) is 0. The number of nitrogens with two attached hydrogens (primary N) is 1. The van der Waals surface area contributed by atoms with E-state index in [1.165, 1.54) is 0 Å². The van der Waals surface area contributed by atoms with Crippen LogP contribution in [0.15, 0.2) is 0 Å². The van der Waals surface area contributed by atoms with Gasteiger partial charge < -0.3 is 10.6 Å². The summed E-state index contributed by atoms with van der Waals surface area (Å²) in [6.07, 6.45) is 1.53. The lowest BCUT2D eigenvalue weighted by Crippen LogP contribution is -2.58. The second-order valence-corrected chi connectivity index (χ2v) is 7.24. The number of nitrogens with zero attached hydrogens (tertiary/aromatic N) is 1. The van der Waals surface area contributed by atoms with Crippen molar-refractivity contribution in [3.05, 3.63) is 0 Å². The Hall–Kier alpha value is -0.490. The van der Waals surface area contributed by atoms with Crippen LogP contribution in [-0.2, 0) is 15.6 Å². The van der Waals surface area contributed by atoms with Crippen LogP contribution >= 0.6 is 12.2 Å². The van der Waals surface area contributed by atoms with Crippen molar-refractivity contribution in [2.45, 2.75) is 19.8 Å². The average molecular weight is 274 g/mol. The number of carbonyl (C=O) groups excluding carboxylic acids is 1. The monoisotopic (exact) mass is 274 g/mol. The molecule has 1 saturated heterocycles. The average Bonchev–Trinajstić information content (AvgIpc) is 2.24. The zero-order valence-corrected chi connectivity index (χ0v) is 11.6. The van der Waals surface area contributed by atoms with Crippen molar-refractivity contribution < 1.29 is 9.00 Å². The predicted molar refractivity (Wildman–Crippen MR) is 72.1 cm³/mol. The molecule has 1 heterocycles. The van der Waals surface area contributed by atoms with Crippen molar-refractivity contribution in [1.82, 2.24) is 4.90 Å².